The Morgan fingerprint density at radius 2 is 2.12 bits per heavy atom. The Labute approximate surface area is 101 Å². The highest BCUT2D eigenvalue weighted by Crippen LogP contribution is 2.18. The highest BCUT2D eigenvalue weighted by atomic mass is 15.3. The van der Waals surface area contributed by atoms with Crippen molar-refractivity contribution < 1.29 is 0 Å². The van der Waals surface area contributed by atoms with Gasteiger partial charge in [0.2, 0.25) is 5.95 Å². The lowest BCUT2D eigenvalue weighted by atomic mass is 10.2. The van der Waals surface area contributed by atoms with Crippen LogP contribution in [0.5, 0.6) is 0 Å². The van der Waals surface area contributed by atoms with Crippen LogP contribution in [-0.2, 0) is 6.54 Å². The monoisotopic (exact) mass is 231 g/mol. The van der Waals surface area contributed by atoms with Gasteiger partial charge >= 0.3 is 0 Å². The first-order chi connectivity index (χ1) is 8.22. The summed E-state index contributed by atoms with van der Waals surface area (Å²) in [6.07, 6.45) is 3.83. The quantitative estimate of drug-likeness (QED) is 0.875. The van der Waals surface area contributed by atoms with Crippen LogP contribution >= 0.6 is 0 Å². The second-order valence-corrected chi connectivity index (χ2v) is 3.83. The maximum atomic E-state index is 4.47. The molecule has 5 nitrogen and oxygen atoms in total. The first-order valence-corrected chi connectivity index (χ1v) is 5.85. The van der Waals surface area contributed by atoms with Gasteiger partial charge < -0.3 is 5.32 Å². The largest absolute Gasteiger partial charge is 0.354 e. The summed E-state index contributed by atoms with van der Waals surface area (Å²) in [5.41, 5.74) is 2.89. The average Bonchev–Trinajstić information content (AvgIpc) is 2.77. The van der Waals surface area contributed by atoms with Gasteiger partial charge in [-0.2, -0.15) is 5.10 Å². The third kappa shape index (κ3) is 2.61. The molecule has 2 heterocycles. The highest BCUT2D eigenvalue weighted by molar-refractivity contribution is 5.58. The van der Waals surface area contributed by atoms with Crippen LogP contribution in [0.15, 0.2) is 18.5 Å². The molecule has 0 aromatic carbocycles. The van der Waals surface area contributed by atoms with Gasteiger partial charge in [-0.15, -0.1) is 0 Å². The molecule has 90 valence electrons. The molecule has 0 aliphatic rings. The number of hydrogen-bond acceptors (Lipinski definition) is 4. The van der Waals surface area contributed by atoms with Crippen molar-refractivity contribution >= 4 is 5.95 Å². The number of nitrogens with zero attached hydrogens (tertiary/aromatic N) is 4. The standard InChI is InChI=1S/C12H17N5/c1-4-13-12-15-9(3)6-11(16-12)10-7-14-17(5-2)8-10/h6-8H,4-5H2,1-3H3,(H,13,15,16). The van der Waals surface area contributed by atoms with Crippen LogP contribution in [0.1, 0.15) is 19.5 Å². The molecule has 0 amide bonds. The minimum absolute atomic E-state index is 0.673. The summed E-state index contributed by atoms with van der Waals surface area (Å²) in [5.74, 6) is 0.673. The fraction of sp³-hybridized carbons (Fsp3) is 0.417. The molecule has 0 aliphatic heterocycles. The Kier molecular flexibility index (Phi) is 3.37. The van der Waals surface area contributed by atoms with Crippen LogP contribution < -0.4 is 5.32 Å². The highest BCUT2D eigenvalue weighted by Gasteiger charge is 2.06. The van der Waals surface area contributed by atoms with E-state index >= 15 is 0 Å². The van der Waals surface area contributed by atoms with Crippen molar-refractivity contribution in [2.45, 2.75) is 27.3 Å². The molecule has 0 atom stereocenters. The van der Waals surface area contributed by atoms with E-state index in [0.29, 0.717) is 5.95 Å². The van der Waals surface area contributed by atoms with Crippen LogP contribution in [-0.4, -0.2) is 26.3 Å². The van der Waals surface area contributed by atoms with Gasteiger partial charge in [0.15, 0.2) is 0 Å². The number of aryl methyl sites for hydroxylation is 2. The zero-order valence-corrected chi connectivity index (χ0v) is 10.4. The maximum absolute atomic E-state index is 4.47. The van der Waals surface area contributed by atoms with E-state index in [1.165, 1.54) is 0 Å². The summed E-state index contributed by atoms with van der Waals surface area (Å²) >= 11 is 0. The van der Waals surface area contributed by atoms with Crippen LogP contribution in [0, 0.1) is 6.92 Å². The summed E-state index contributed by atoms with van der Waals surface area (Å²) in [6.45, 7) is 7.74. The number of anilines is 1. The van der Waals surface area contributed by atoms with Crippen molar-refractivity contribution in [2.75, 3.05) is 11.9 Å². The van der Waals surface area contributed by atoms with E-state index in [-0.39, 0.29) is 0 Å². The SMILES string of the molecule is CCNc1nc(C)cc(-c2cnn(CC)c2)n1. The Morgan fingerprint density at radius 3 is 2.76 bits per heavy atom. The number of hydrogen-bond donors (Lipinski definition) is 1. The van der Waals surface area contributed by atoms with Crippen LogP contribution in [0.25, 0.3) is 11.3 Å². The van der Waals surface area contributed by atoms with E-state index in [1.807, 2.05) is 37.0 Å². The molecular weight excluding hydrogens is 214 g/mol. The first kappa shape index (κ1) is 11.6. The van der Waals surface area contributed by atoms with E-state index in [4.69, 9.17) is 0 Å². The summed E-state index contributed by atoms with van der Waals surface area (Å²) in [6, 6.07) is 1.97. The Bertz CT molecular complexity index is 503. The average molecular weight is 231 g/mol. The molecule has 0 bridgehead atoms. The summed E-state index contributed by atoms with van der Waals surface area (Å²) in [7, 11) is 0. The van der Waals surface area contributed by atoms with E-state index < -0.39 is 0 Å². The Balaban J connectivity index is 2.37. The second-order valence-electron chi connectivity index (χ2n) is 3.83. The van der Waals surface area contributed by atoms with Gasteiger partial charge in [-0.05, 0) is 26.8 Å². The van der Waals surface area contributed by atoms with Gasteiger partial charge in [0.25, 0.3) is 0 Å². The summed E-state index contributed by atoms with van der Waals surface area (Å²) in [4.78, 5) is 8.79. The third-order valence-corrected chi connectivity index (χ3v) is 2.44. The molecule has 0 spiro atoms. The Hall–Kier alpha value is -1.91. The van der Waals surface area contributed by atoms with Crippen LogP contribution in [0.3, 0.4) is 0 Å². The zero-order valence-electron chi connectivity index (χ0n) is 10.4. The molecule has 0 saturated heterocycles. The van der Waals surface area contributed by atoms with E-state index in [9.17, 15) is 0 Å². The molecule has 5 heteroatoms. The molecule has 0 aliphatic carbocycles. The molecule has 2 aromatic heterocycles. The van der Waals surface area contributed by atoms with Gasteiger partial charge in [-0.1, -0.05) is 0 Å². The van der Waals surface area contributed by atoms with E-state index in [0.717, 1.165) is 30.0 Å². The third-order valence-electron chi connectivity index (χ3n) is 2.44. The maximum Gasteiger partial charge on any atom is 0.223 e. The molecule has 0 saturated carbocycles. The van der Waals surface area contributed by atoms with E-state index in [2.05, 4.69) is 27.3 Å². The predicted molar refractivity (Wildman–Crippen MR) is 67.8 cm³/mol. The van der Waals surface area contributed by atoms with Crippen molar-refractivity contribution in [2.24, 2.45) is 0 Å². The fourth-order valence-electron chi connectivity index (χ4n) is 1.62. The smallest absolute Gasteiger partial charge is 0.223 e. The van der Waals surface area contributed by atoms with Crippen molar-refractivity contribution in [1.82, 2.24) is 19.7 Å². The lowest BCUT2D eigenvalue weighted by Crippen LogP contribution is -2.03. The van der Waals surface area contributed by atoms with E-state index in [1.54, 1.807) is 0 Å². The van der Waals surface area contributed by atoms with Crippen molar-refractivity contribution in [3.05, 3.63) is 24.2 Å². The number of nitrogens with one attached hydrogen (secondary N) is 1. The van der Waals surface area contributed by atoms with Gasteiger partial charge in [0.05, 0.1) is 11.9 Å². The molecular formula is C12H17N5. The minimum Gasteiger partial charge on any atom is -0.354 e. The lowest BCUT2D eigenvalue weighted by molar-refractivity contribution is 0.660. The second kappa shape index (κ2) is 4.95. The van der Waals surface area contributed by atoms with Crippen molar-refractivity contribution in [1.29, 1.82) is 0 Å². The van der Waals surface area contributed by atoms with Gasteiger partial charge in [-0.25, -0.2) is 9.97 Å². The summed E-state index contributed by atoms with van der Waals surface area (Å²) < 4.78 is 1.89. The molecule has 0 radical (unpaired) electrons. The lowest BCUT2D eigenvalue weighted by Gasteiger charge is -2.04. The molecule has 17 heavy (non-hydrogen) atoms. The van der Waals surface area contributed by atoms with Gasteiger partial charge in [0, 0.05) is 30.5 Å². The molecule has 0 fully saturated rings. The van der Waals surface area contributed by atoms with Crippen molar-refractivity contribution in [3.8, 4) is 11.3 Å². The fourth-order valence-corrected chi connectivity index (χ4v) is 1.62. The first-order valence-electron chi connectivity index (χ1n) is 5.85. The van der Waals surface area contributed by atoms with Gasteiger partial charge in [-0.3, -0.25) is 4.68 Å². The Morgan fingerprint density at radius 1 is 1.29 bits per heavy atom. The molecule has 0 unspecified atom stereocenters. The topological polar surface area (TPSA) is 55.6 Å². The normalized spacial score (nSPS) is 10.5. The zero-order chi connectivity index (χ0) is 12.3. The van der Waals surface area contributed by atoms with Crippen LogP contribution in [0.2, 0.25) is 0 Å². The number of aromatic nitrogens is 4. The molecule has 1 N–H and O–H groups in total. The minimum atomic E-state index is 0.673. The molecule has 2 aromatic rings. The summed E-state index contributed by atoms with van der Waals surface area (Å²) in [5, 5.41) is 7.38. The molecule has 2 rings (SSSR count). The van der Waals surface area contributed by atoms with Gasteiger partial charge in [0.1, 0.15) is 0 Å². The predicted octanol–water partition coefficient (Wildman–Crippen LogP) is 2.10. The van der Waals surface area contributed by atoms with Crippen LogP contribution in [0.4, 0.5) is 5.95 Å². The number of rotatable bonds is 4. The van der Waals surface area contributed by atoms with Crippen molar-refractivity contribution in [3.63, 3.8) is 0 Å².